The van der Waals surface area contributed by atoms with Crippen LogP contribution in [0.25, 0.3) is 0 Å². The van der Waals surface area contributed by atoms with Crippen molar-refractivity contribution in [2.24, 2.45) is 12.9 Å². The van der Waals surface area contributed by atoms with Gasteiger partial charge in [0.15, 0.2) is 0 Å². The van der Waals surface area contributed by atoms with Crippen molar-refractivity contribution in [3.05, 3.63) is 47.0 Å². The largest absolute Gasteiger partial charge is 0.271 e. The molecule has 0 saturated heterocycles. The first kappa shape index (κ1) is 12.0. The lowest BCUT2D eigenvalue weighted by Crippen LogP contribution is -2.31. The van der Waals surface area contributed by atoms with Gasteiger partial charge < -0.3 is 0 Å². The molecule has 0 aliphatic heterocycles. The summed E-state index contributed by atoms with van der Waals surface area (Å²) in [7, 11) is 1.84. The molecule has 2 heterocycles. The number of aromatic nitrogens is 3. The van der Waals surface area contributed by atoms with Crippen molar-refractivity contribution in [3.8, 4) is 0 Å². The van der Waals surface area contributed by atoms with Gasteiger partial charge in [0.1, 0.15) is 0 Å². The van der Waals surface area contributed by atoms with Gasteiger partial charge in [0, 0.05) is 19.4 Å². The third-order valence-electron chi connectivity index (χ3n) is 2.63. The molecule has 2 aromatic heterocycles. The van der Waals surface area contributed by atoms with Crippen LogP contribution in [0, 0.1) is 0 Å². The Kier molecular flexibility index (Phi) is 3.73. The van der Waals surface area contributed by atoms with E-state index in [1.54, 1.807) is 17.1 Å². The summed E-state index contributed by atoms with van der Waals surface area (Å²) in [6.07, 6.45) is 5.88. The van der Waals surface area contributed by atoms with E-state index in [4.69, 9.17) is 17.4 Å². The summed E-state index contributed by atoms with van der Waals surface area (Å²) in [6, 6.07) is 3.81. The first-order chi connectivity index (χ1) is 8.22. The van der Waals surface area contributed by atoms with Crippen LogP contribution in [0.2, 0.25) is 5.02 Å². The molecule has 0 aliphatic carbocycles. The van der Waals surface area contributed by atoms with Gasteiger partial charge >= 0.3 is 0 Å². The molecular formula is C11H14ClN5. The molecule has 3 N–H and O–H groups in total. The van der Waals surface area contributed by atoms with Crippen molar-refractivity contribution in [2.45, 2.75) is 12.5 Å². The van der Waals surface area contributed by atoms with E-state index in [0.29, 0.717) is 11.4 Å². The molecule has 90 valence electrons. The number of nitrogens with one attached hydrogen (secondary N) is 1. The average Bonchev–Trinajstić information content (AvgIpc) is 2.68. The van der Waals surface area contributed by atoms with Crippen molar-refractivity contribution in [3.63, 3.8) is 0 Å². The number of pyridine rings is 1. The Bertz CT molecular complexity index is 462. The maximum Gasteiger partial charge on any atom is 0.0834 e. The van der Waals surface area contributed by atoms with Crippen LogP contribution in [0.15, 0.2) is 30.7 Å². The number of hydrazine groups is 1. The van der Waals surface area contributed by atoms with Crippen LogP contribution in [0.5, 0.6) is 0 Å². The van der Waals surface area contributed by atoms with E-state index in [9.17, 15) is 0 Å². The van der Waals surface area contributed by atoms with E-state index in [2.05, 4.69) is 15.5 Å². The summed E-state index contributed by atoms with van der Waals surface area (Å²) >= 11 is 6.09. The van der Waals surface area contributed by atoms with Gasteiger partial charge in [0.05, 0.1) is 23.0 Å². The number of rotatable bonds is 4. The van der Waals surface area contributed by atoms with Gasteiger partial charge in [0.2, 0.25) is 0 Å². The van der Waals surface area contributed by atoms with Crippen LogP contribution in [-0.4, -0.2) is 14.8 Å². The van der Waals surface area contributed by atoms with Crippen LogP contribution in [0.3, 0.4) is 0 Å². The summed E-state index contributed by atoms with van der Waals surface area (Å²) in [5.41, 5.74) is 4.73. The third kappa shape index (κ3) is 2.63. The Labute approximate surface area is 105 Å². The first-order valence-electron chi connectivity index (χ1n) is 5.24. The van der Waals surface area contributed by atoms with Gasteiger partial charge in [-0.15, -0.1) is 0 Å². The number of halogens is 1. The Morgan fingerprint density at radius 3 is 2.88 bits per heavy atom. The van der Waals surface area contributed by atoms with Crippen molar-refractivity contribution in [1.29, 1.82) is 0 Å². The summed E-state index contributed by atoms with van der Waals surface area (Å²) in [4.78, 5) is 4.07. The zero-order chi connectivity index (χ0) is 12.3. The highest BCUT2D eigenvalue weighted by Crippen LogP contribution is 2.24. The van der Waals surface area contributed by atoms with Gasteiger partial charge in [-0.1, -0.05) is 17.7 Å². The lowest BCUT2D eigenvalue weighted by molar-refractivity contribution is 0.508. The van der Waals surface area contributed by atoms with Crippen LogP contribution < -0.4 is 11.3 Å². The second-order valence-corrected chi connectivity index (χ2v) is 4.19. The molecule has 1 atom stereocenters. The lowest BCUT2D eigenvalue weighted by Gasteiger charge is -2.16. The minimum atomic E-state index is -0.0841. The molecule has 0 saturated carbocycles. The molecule has 1 unspecified atom stereocenters. The standard InChI is InChI=1S/C11H14ClN5/c1-17-11(9(12)7-15-17)10(16-13)5-8-3-2-4-14-6-8/h2-4,6-7,10,16H,5,13H2,1H3. The minimum absolute atomic E-state index is 0.0841. The number of nitrogens with zero attached hydrogens (tertiary/aromatic N) is 3. The maximum absolute atomic E-state index is 6.09. The van der Waals surface area contributed by atoms with Crippen molar-refractivity contribution >= 4 is 11.6 Å². The smallest absolute Gasteiger partial charge is 0.0834 e. The van der Waals surface area contributed by atoms with Gasteiger partial charge in [0.25, 0.3) is 0 Å². The molecule has 5 nitrogen and oxygen atoms in total. The molecule has 0 amide bonds. The number of hydrogen-bond donors (Lipinski definition) is 2. The predicted octanol–water partition coefficient (Wildman–Crippen LogP) is 1.22. The van der Waals surface area contributed by atoms with E-state index in [-0.39, 0.29) is 6.04 Å². The molecule has 0 aliphatic rings. The molecule has 0 fully saturated rings. The fourth-order valence-electron chi connectivity index (χ4n) is 1.80. The van der Waals surface area contributed by atoms with E-state index in [1.165, 1.54) is 0 Å². The minimum Gasteiger partial charge on any atom is -0.271 e. The topological polar surface area (TPSA) is 68.8 Å². The SMILES string of the molecule is Cn1ncc(Cl)c1C(Cc1cccnc1)NN. The van der Waals surface area contributed by atoms with Gasteiger partial charge in [-0.05, 0) is 18.1 Å². The van der Waals surface area contributed by atoms with Crippen molar-refractivity contribution < 1.29 is 0 Å². The van der Waals surface area contributed by atoms with Crippen molar-refractivity contribution in [2.75, 3.05) is 0 Å². The molecule has 2 rings (SSSR count). The van der Waals surface area contributed by atoms with E-state index >= 15 is 0 Å². The molecule has 2 aromatic rings. The number of nitrogens with two attached hydrogens (primary N) is 1. The summed E-state index contributed by atoms with van der Waals surface area (Å²) in [5.74, 6) is 5.58. The fourth-order valence-corrected chi connectivity index (χ4v) is 2.10. The van der Waals surface area contributed by atoms with Gasteiger partial charge in [-0.3, -0.25) is 20.9 Å². The van der Waals surface area contributed by atoms with E-state index in [0.717, 1.165) is 11.3 Å². The molecule has 6 heteroatoms. The second-order valence-electron chi connectivity index (χ2n) is 3.79. The van der Waals surface area contributed by atoms with Crippen molar-refractivity contribution in [1.82, 2.24) is 20.2 Å². The third-order valence-corrected chi connectivity index (χ3v) is 2.92. The van der Waals surface area contributed by atoms with Crippen LogP contribution >= 0.6 is 11.6 Å². The van der Waals surface area contributed by atoms with Crippen LogP contribution in [0.1, 0.15) is 17.3 Å². The highest BCUT2D eigenvalue weighted by Gasteiger charge is 2.18. The molecule has 0 aromatic carbocycles. The fraction of sp³-hybridized carbons (Fsp3) is 0.273. The summed E-state index contributed by atoms with van der Waals surface area (Å²) in [5, 5.41) is 4.71. The van der Waals surface area contributed by atoms with Crippen LogP contribution in [0.4, 0.5) is 0 Å². The molecular weight excluding hydrogens is 238 g/mol. The van der Waals surface area contributed by atoms with E-state index < -0.39 is 0 Å². The summed E-state index contributed by atoms with van der Waals surface area (Å²) in [6.45, 7) is 0. The Morgan fingerprint density at radius 2 is 2.35 bits per heavy atom. The highest BCUT2D eigenvalue weighted by atomic mass is 35.5. The Hall–Kier alpha value is -1.43. The summed E-state index contributed by atoms with van der Waals surface area (Å²) < 4.78 is 1.73. The zero-order valence-corrected chi connectivity index (χ0v) is 10.2. The quantitative estimate of drug-likeness (QED) is 0.633. The zero-order valence-electron chi connectivity index (χ0n) is 9.47. The van der Waals surface area contributed by atoms with Gasteiger partial charge in [-0.25, -0.2) is 0 Å². The molecule has 17 heavy (non-hydrogen) atoms. The normalized spacial score (nSPS) is 12.6. The second kappa shape index (κ2) is 5.27. The molecule has 0 spiro atoms. The Morgan fingerprint density at radius 1 is 1.53 bits per heavy atom. The molecule has 0 bridgehead atoms. The Balaban J connectivity index is 2.23. The maximum atomic E-state index is 6.09. The number of hydrogen-bond acceptors (Lipinski definition) is 4. The first-order valence-corrected chi connectivity index (χ1v) is 5.62. The molecule has 0 radical (unpaired) electrons. The van der Waals surface area contributed by atoms with E-state index in [1.807, 2.05) is 25.4 Å². The predicted molar refractivity (Wildman–Crippen MR) is 66.2 cm³/mol. The van der Waals surface area contributed by atoms with Crippen LogP contribution in [-0.2, 0) is 13.5 Å². The number of aryl methyl sites for hydroxylation is 1. The lowest BCUT2D eigenvalue weighted by atomic mass is 10.1. The highest BCUT2D eigenvalue weighted by molar-refractivity contribution is 6.31. The van der Waals surface area contributed by atoms with Gasteiger partial charge in [-0.2, -0.15) is 5.10 Å². The average molecular weight is 252 g/mol. The monoisotopic (exact) mass is 251 g/mol.